The monoisotopic (exact) mass is 230 g/mol. The minimum absolute atomic E-state index is 0.0551. The maximum atomic E-state index is 11.2. The maximum Gasteiger partial charge on any atom is 0.371 e. The second kappa shape index (κ2) is 3.37. The first-order valence-electron chi connectivity index (χ1n) is 4.51. The zero-order valence-electron chi connectivity index (χ0n) is 7.84. The van der Waals surface area contributed by atoms with E-state index in [4.69, 9.17) is 9.52 Å². The lowest BCUT2D eigenvalue weighted by atomic mass is 10.1. The summed E-state index contributed by atoms with van der Waals surface area (Å²) in [6.45, 7) is 0. The Morgan fingerprint density at radius 3 is 2.67 bits per heavy atom. The fraction of sp³-hybridized carbons (Fsp3) is 0.444. The molecule has 1 N–H and O–H groups in total. The highest BCUT2D eigenvalue weighted by Crippen LogP contribution is 2.29. The number of sulfone groups is 1. The summed E-state index contributed by atoms with van der Waals surface area (Å²) in [6.07, 6.45) is 0.509. The highest BCUT2D eigenvalue weighted by atomic mass is 32.2. The number of carbonyl (C=O) groups is 1. The number of furan rings is 1. The van der Waals surface area contributed by atoms with Crippen LogP contribution < -0.4 is 0 Å². The van der Waals surface area contributed by atoms with Gasteiger partial charge in [0.1, 0.15) is 5.76 Å². The van der Waals surface area contributed by atoms with Crippen molar-refractivity contribution in [2.45, 2.75) is 12.3 Å². The summed E-state index contributed by atoms with van der Waals surface area (Å²) in [7, 11) is -2.96. The molecule has 1 saturated heterocycles. The van der Waals surface area contributed by atoms with Crippen molar-refractivity contribution in [3.63, 3.8) is 0 Å². The Morgan fingerprint density at radius 1 is 1.47 bits per heavy atom. The standard InChI is InChI=1S/C9H10O5S/c10-9(11)8-2-1-7(14-8)6-3-4-15(12,13)5-6/h1-2,6H,3-5H2,(H,10,11). The molecule has 1 aliphatic heterocycles. The van der Waals surface area contributed by atoms with E-state index in [-0.39, 0.29) is 23.2 Å². The average Bonchev–Trinajstić information content (AvgIpc) is 2.70. The molecule has 0 bridgehead atoms. The molecule has 0 aromatic carbocycles. The van der Waals surface area contributed by atoms with Gasteiger partial charge in [0.15, 0.2) is 9.84 Å². The van der Waals surface area contributed by atoms with Crippen LogP contribution in [0.3, 0.4) is 0 Å². The van der Waals surface area contributed by atoms with Crippen molar-refractivity contribution < 1.29 is 22.7 Å². The molecule has 0 saturated carbocycles. The Bertz CT molecular complexity index is 484. The van der Waals surface area contributed by atoms with Crippen molar-refractivity contribution in [3.8, 4) is 0 Å². The Hall–Kier alpha value is -1.30. The third kappa shape index (κ3) is 2.04. The van der Waals surface area contributed by atoms with Crippen LogP contribution in [0.4, 0.5) is 0 Å². The average molecular weight is 230 g/mol. The molecule has 2 rings (SSSR count). The smallest absolute Gasteiger partial charge is 0.371 e. The maximum absolute atomic E-state index is 11.2. The van der Waals surface area contributed by atoms with Crippen LogP contribution in [0, 0.1) is 0 Å². The highest BCUT2D eigenvalue weighted by Gasteiger charge is 2.31. The van der Waals surface area contributed by atoms with Gasteiger partial charge in [-0.3, -0.25) is 0 Å². The van der Waals surface area contributed by atoms with Gasteiger partial charge in [0.25, 0.3) is 0 Å². The predicted octanol–water partition coefficient (Wildman–Crippen LogP) is 0.880. The summed E-state index contributed by atoms with van der Waals surface area (Å²) in [5, 5.41) is 8.63. The lowest BCUT2D eigenvalue weighted by Crippen LogP contribution is -2.03. The van der Waals surface area contributed by atoms with Crippen molar-refractivity contribution in [2.24, 2.45) is 0 Å². The SMILES string of the molecule is O=C(O)c1ccc(C2CCS(=O)(=O)C2)o1. The van der Waals surface area contributed by atoms with Crippen LogP contribution in [-0.4, -0.2) is 31.0 Å². The van der Waals surface area contributed by atoms with Crippen LogP contribution in [0.5, 0.6) is 0 Å². The summed E-state index contributed by atoms with van der Waals surface area (Å²) in [4.78, 5) is 10.5. The number of rotatable bonds is 2. The molecule has 2 heterocycles. The molecule has 1 atom stereocenters. The Labute approximate surface area is 86.6 Å². The van der Waals surface area contributed by atoms with Gasteiger partial charge in [-0.15, -0.1) is 0 Å². The Kier molecular flexibility index (Phi) is 2.30. The van der Waals surface area contributed by atoms with Gasteiger partial charge >= 0.3 is 5.97 Å². The number of carboxylic acids is 1. The first-order chi connectivity index (χ1) is 6.98. The molecule has 5 nitrogen and oxygen atoms in total. The van der Waals surface area contributed by atoms with Gasteiger partial charge in [0, 0.05) is 5.92 Å². The third-order valence-electron chi connectivity index (χ3n) is 2.47. The summed E-state index contributed by atoms with van der Waals surface area (Å²) in [5.41, 5.74) is 0. The van der Waals surface area contributed by atoms with Crippen molar-refractivity contribution in [1.29, 1.82) is 0 Å². The number of aromatic carboxylic acids is 1. The second-order valence-electron chi connectivity index (χ2n) is 3.61. The van der Waals surface area contributed by atoms with Crippen LogP contribution in [-0.2, 0) is 9.84 Å². The van der Waals surface area contributed by atoms with E-state index < -0.39 is 15.8 Å². The van der Waals surface area contributed by atoms with Gasteiger partial charge in [-0.1, -0.05) is 0 Å². The van der Waals surface area contributed by atoms with Gasteiger partial charge in [-0.2, -0.15) is 0 Å². The predicted molar refractivity (Wildman–Crippen MR) is 51.7 cm³/mol. The van der Waals surface area contributed by atoms with Gasteiger partial charge in [-0.05, 0) is 18.6 Å². The van der Waals surface area contributed by atoms with Crippen molar-refractivity contribution in [1.82, 2.24) is 0 Å². The van der Waals surface area contributed by atoms with Gasteiger partial charge in [0.05, 0.1) is 11.5 Å². The molecule has 0 amide bonds. The number of hydrogen-bond donors (Lipinski definition) is 1. The van der Waals surface area contributed by atoms with E-state index in [0.29, 0.717) is 12.2 Å². The normalized spacial score (nSPS) is 24.1. The minimum atomic E-state index is -2.96. The first kappa shape index (κ1) is 10.2. The van der Waals surface area contributed by atoms with Crippen molar-refractivity contribution in [3.05, 3.63) is 23.7 Å². The molecule has 15 heavy (non-hydrogen) atoms. The van der Waals surface area contributed by atoms with E-state index in [1.807, 2.05) is 0 Å². The topological polar surface area (TPSA) is 84.6 Å². The summed E-state index contributed by atoms with van der Waals surface area (Å²) < 4.78 is 27.5. The van der Waals surface area contributed by atoms with Crippen LogP contribution in [0.2, 0.25) is 0 Å². The molecule has 1 unspecified atom stereocenters. The van der Waals surface area contributed by atoms with Crippen LogP contribution in [0.1, 0.15) is 28.7 Å². The van der Waals surface area contributed by atoms with E-state index in [9.17, 15) is 13.2 Å². The summed E-state index contributed by atoms with van der Waals surface area (Å²) >= 11 is 0. The largest absolute Gasteiger partial charge is 0.475 e. The van der Waals surface area contributed by atoms with Gasteiger partial charge < -0.3 is 9.52 Å². The second-order valence-corrected chi connectivity index (χ2v) is 5.84. The van der Waals surface area contributed by atoms with Gasteiger partial charge in [-0.25, -0.2) is 13.2 Å². The summed E-state index contributed by atoms with van der Waals surface area (Å²) in [5.74, 6) is -0.812. The molecule has 1 aromatic heterocycles. The summed E-state index contributed by atoms with van der Waals surface area (Å²) in [6, 6.07) is 2.89. The van der Waals surface area contributed by atoms with Crippen LogP contribution in [0.25, 0.3) is 0 Å². The van der Waals surface area contributed by atoms with E-state index in [2.05, 4.69) is 0 Å². The quantitative estimate of drug-likeness (QED) is 0.815. The van der Waals surface area contributed by atoms with Crippen LogP contribution >= 0.6 is 0 Å². The molecule has 0 aliphatic carbocycles. The molecule has 6 heteroatoms. The molecule has 1 fully saturated rings. The molecule has 1 aliphatic rings. The molecule has 0 spiro atoms. The fourth-order valence-corrected chi connectivity index (χ4v) is 3.46. The lowest BCUT2D eigenvalue weighted by molar-refractivity contribution is 0.0660. The molecular weight excluding hydrogens is 220 g/mol. The van der Waals surface area contributed by atoms with Crippen molar-refractivity contribution >= 4 is 15.8 Å². The van der Waals surface area contributed by atoms with Gasteiger partial charge in [0.2, 0.25) is 5.76 Å². The molecule has 82 valence electrons. The number of carboxylic acid groups (broad SMARTS) is 1. The first-order valence-corrected chi connectivity index (χ1v) is 6.33. The molecule has 0 radical (unpaired) electrons. The van der Waals surface area contributed by atoms with E-state index in [1.165, 1.54) is 12.1 Å². The van der Waals surface area contributed by atoms with Crippen LogP contribution in [0.15, 0.2) is 16.5 Å². The van der Waals surface area contributed by atoms with E-state index in [0.717, 1.165) is 0 Å². The third-order valence-corrected chi connectivity index (χ3v) is 4.24. The Morgan fingerprint density at radius 2 is 2.20 bits per heavy atom. The highest BCUT2D eigenvalue weighted by molar-refractivity contribution is 7.91. The Balaban J connectivity index is 2.21. The molecular formula is C9H10O5S. The van der Waals surface area contributed by atoms with E-state index >= 15 is 0 Å². The number of hydrogen-bond acceptors (Lipinski definition) is 4. The zero-order chi connectivity index (χ0) is 11.1. The van der Waals surface area contributed by atoms with E-state index in [1.54, 1.807) is 0 Å². The van der Waals surface area contributed by atoms with Crippen molar-refractivity contribution in [2.75, 3.05) is 11.5 Å². The minimum Gasteiger partial charge on any atom is -0.475 e. The lowest BCUT2D eigenvalue weighted by Gasteiger charge is -2.01. The fourth-order valence-electron chi connectivity index (χ4n) is 1.71. The zero-order valence-corrected chi connectivity index (χ0v) is 8.66. The molecule has 1 aromatic rings.